The highest BCUT2D eigenvalue weighted by Crippen LogP contribution is 2.53. The molecular formula is C29H35N5O4. The van der Waals surface area contributed by atoms with Gasteiger partial charge in [0.2, 0.25) is 0 Å². The molecule has 1 saturated carbocycles. The van der Waals surface area contributed by atoms with Gasteiger partial charge in [0.25, 0.3) is 0 Å². The highest BCUT2D eigenvalue weighted by molar-refractivity contribution is 5.84. The fourth-order valence-corrected chi connectivity index (χ4v) is 5.37. The van der Waals surface area contributed by atoms with Crippen molar-refractivity contribution in [3.63, 3.8) is 0 Å². The molecule has 38 heavy (non-hydrogen) atoms. The fourth-order valence-electron chi connectivity index (χ4n) is 5.37. The Labute approximate surface area is 223 Å². The molecule has 0 unspecified atom stereocenters. The third-order valence-electron chi connectivity index (χ3n) is 7.88. The van der Waals surface area contributed by atoms with Crippen LogP contribution in [0.2, 0.25) is 0 Å². The van der Waals surface area contributed by atoms with Crippen LogP contribution in [-0.4, -0.2) is 46.4 Å². The number of methoxy groups -OCH3 is 1. The van der Waals surface area contributed by atoms with Crippen molar-refractivity contribution in [2.75, 3.05) is 30.4 Å². The molecule has 1 amide bonds. The lowest BCUT2D eigenvalue weighted by Crippen LogP contribution is -2.33. The highest BCUT2D eigenvalue weighted by Gasteiger charge is 2.47. The molecular weight excluding hydrogens is 482 g/mol. The summed E-state index contributed by atoms with van der Waals surface area (Å²) in [5.74, 6) is 1.74. The van der Waals surface area contributed by atoms with Gasteiger partial charge in [-0.1, -0.05) is 48.2 Å². The summed E-state index contributed by atoms with van der Waals surface area (Å²) in [4.78, 5) is 15.0. The number of carbonyl (C=O) groups is 1. The molecule has 3 aromatic rings. The summed E-state index contributed by atoms with van der Waals surface area (Å²) >= 11 is 0. The number of aliphatic hydroxyl groups excluding tert-OH is 1. The number of hydrogen-bond acceptors (Lipinski definition) is 7. The monoisotopic (exact) mass is 517 g/mol. The Kier molecular flexibility index (Phi) is 7.01. The second-order valence-corrected chi connectivity index (χ2v) is 10.2. The largest absolute Gasteiger partial charge is 0.512 e. The van der Waals surface area contributed by atoms with Crippen molar-refractivity contribution >= 4 is 17.6 Å². The Morgan fingerprint density at radius 3 is 2.53 bits per heavy atom. The van der Waals surface area contributed by atoms with Crippen LogP contribution < -0.4 is 15.0 Å². The van der Waals surface area contributed by atoms with E-state index >= 15 is 0 Å². The quantitative estimate of drug-likeness (QED) is 0.374. The molecule has 2 aromatic carbocycles. The normalized spacial score (nSPS) is 17.5. The van der Waals surface area contributed by atoms with Gasteiger partial charge < -0.3 is 19.5 Å². The average Bonchev–Trinajstić information content (AvgIpc) is 3.68. The number of allylic oxidation sites excluding steroid dienone is 1. The molecule has 1 aromatic heterocycles. The van der Waals surface area contributed by atoms with E-state index < -0.39 is 6.09 Å². The number of amides is 1. The molecule has 2 aliphatic rings. The van der Waals surface area contributed by atoms with Gasteiger partial charge in [0.1, 0.15) is 17.5 Å². The van der Waals surface area contributed by atoms with Crippen LogP contribution in [0.25, 0.3) is 0 Å². The van der Waals surface area contributed by atoms with E-state index in [0.717, 1.165) is 67.0 Å². The van der Waals surface area contributed by atoms with Crippen molar-refractivity contribution in [2.24, 2.45) is 7.05 Å². The number of rotatable bonds is 8. The van der Waals surface area contributed by atoms with Crippen LogP contribution in [0.1, 0.15) is 61.4 Å². The van der Waals surface area contributed by atoms with Gasteiger partial charge in [-0.3, -0.25) is 5.32 Å². The molecule has 0 radical (unpaired) electrons. The second-order valence-electron chi connectivity index (χ2n) is 10.2. The summed E-state index contributed by atoms with van der Waals surface area (Å²) in [6.07, 6.45) is 2.60. The van der Waals surface area contributed by atoms with Crippen molar-refractivity contribution in [1.82, 2.24) is 15.0 Å². The Balaban J connectivity index is 1.24. The Morgan fingerprint density at radius 2 is 1.89 bits per heavy atom. The lowest BCUT2D eigenvalue weighted by Gasteiger charge is -2.34. The van der Waals surface area contributed by atoms with E-state index in [-0.39, 0.29) is 23.2 Å². The van der Waals surface area contributed by atoms with Gasteiger partial charge in [-0.25, -0.2) is 9.48 Å². The fraction of sp³-hybridized carbons (Fsp3) is 0.414. The van der Waals surface area contributed by atoms with Crippen molar-refractivity contribution < 1.29 is 19.4 Å². The number of aromatic nitrogens is 3. The third-order valence-corrected chi connectivity index (χ3v) is 7.88. The summed E-state index contributed by atoms with van der Waals surface area (Å²) in [6.45, 7) is 7.25. The van der Waals surface area contributed by atoms with E-state index in [1.54, 1.807) is 18.8 Å². The zero-order valence-electron chi connectivity index (χ0n) is 22.2. The smallest absolute Gasteiger partial charge is 0.413 e. The van der Waals surface area contributed by atoms with Gasteiger partial charge in [-0.15, -0.1) is 5.10 Å². The van der Waals surface area contributed by atoms with E-state index in [0.29, 0.717) is 5.82 Å². The van der Waals surface area contributed by atoms with Crippen LogP contribution in [-0.2, 0) is 17.2 Å². The van der Waals surface area contributed by atoms with E-state index in [2.05, 4.69) is 39.2 Å². The number of aryl methyl sites for hydroxylation is 1. The minimum absolute atomic E-state index is 0.152. The molecule has 1 saturated heterocycles. The predicted molar refractivity (Wildman–Crippen MR) is 146 cm³/mol. The zero-order valence-corrected chi connectivity index (χ0v) is 22.2. The maximum Gasteiger partial charge on any atom is 0.413 e. The number of anilines is 2. The molecule has 5 rings (SSSR count). The second kappa shape index (κ2) is 10.4. The number of piperidine rings is 1. The Hall–Kier alpha value is -4.01. The number of hydrogen-bond donors (Lipinski definition) is 2. The van der Waals surface area contributed by atoms with Crippen molar-refractivity contribution in [3.05, 3.63) is 77.7 Å². The minimum atomic E-state index is -0.533. The number of nitrogens with zero attached hydrogens (tertiary/aromatic N) is 4. The minimum Gasteiger partial charge on any atom is -0.512 e. The van der Waals surface area contributed by atoms with Crippen molar-refractivity contribution in [3.8, 4) is 5.75 Å². The zero-order chi connectivity index (χ0) is 26.9. The van der Waals surface area contributed by atoms with Crippen LogP contribution in [0.5, 0.6) is 5.75 Å². The number of carbonyl (C=O) groups excluding carboxylic acids is 1. The van der Waals surface area contributed by atoms with Gasteiger partial charge in [0, 0.05) is 26.1 Å². The lowest BCUT2D eigenvalue weighted by molar-refractivity contribution is 0.121. The lowest BCUT2D eigenvalue weighted by atomic mass is 9.91. The summed E-state index contributed by atoms with van der Waals surface area (Å²) in [5, 5.41) is 21.5. The molecule has 2 heterocycles. The molecule has 9 nitrogen and oxygen atoms in total. The molecule has 9 heteroatoms. The molecule has 1 aliphatic carbocycles. The topological polar surface area (TPSA) is 102 Å². The van der Waals surface area contributed by atoms with Crippen molar-refractivity contribution in [1.29, 1.82) is 0 Å². The summed E-state index contributed by atoms with van der Waals surface area (Å²) < 4.78 is 12.9. The summed E-state index contributed by atoms with van der Waals surface area (Å²) in [5.41, 5.74) is 3.45. The van der Waals surface area contributed by atoms with Gasteiger partial charge in [0.15, 0.2) is 5.82 Å². The maximum atomic E-state index is 12.7. The highest BCUT2D eigenvalue weighted by atomic mass is 16.6. The number of aliphatic hydroxyl groups is 1. The van der Waals surface area contributed by atoms with Gasteiger partial charge in [-0.2, -0.15) is 0 Å². The number of ether oxygens (including phenoxy) is 2. The standard InChI is InChI=1S/C29H35N5O4/c1-19(21-8-6-5-7-9-21)38-28(36)30-27-26(31-32-33(27)3)22-12-16-34(17-13-22)24-11-10-23(18-25(24)37-4)29(14-15-29)20(2)35/h5-11,18-19,22,35H,2,12-17H2,1,3-4H3,(H,30,36)/t19-/m1/s1. The van der Waals surface area contributed by atoms with E-state index in [1.165, 1.54) is 0 Å². The Bertz CT molecular complexity index is 1310. The molecule has 2 fully saturated rings. The first-order chi connectivity index (χ1) is 18.3. The van der Waals surface area contributed by atoms with Gasteiger partial charge >= 0.3 is 6.09 Å². The first kappa shape index (κ1) is 25.6. The molecule has 2 N–H and O–H groups in total. The first-order valence-electron chi connectivity index (χ1n) is 13.1. The molecule has 0 bridgehead atoms. The summed E-state index contributed by atoms with van der Waals surface area (Å²) in [7, 11) is 3.44. The van der Waals surface area contributed by atoms with Crippen molar-refractivity contribution in [2.45, 2.75) is 50.0 Å². The third kappa shape index (κ3) is 4.92. The van der Waals surface area contributed by atoms with Crippen LogP contribution in [0.15, 0.2) is 60.9 Å². The maximum absolute atomic E-state index is 12.7. The van der Waals surface area contributed by atoms with E-state index in [9.17, 15) is 9.90 Å². The molecule has 1 atom stereocenters. The van der Waals surface area contributed by atoms with Crippen LogP contribution in [0, 0.1) is 0 Å². The molecule has 0 spiro atoms. The Morgan fingerprint density at radius 1 is 1.18 bits per heavy atom. The number of benzene rings is 2. The molecule has 1 aliphatic heterocycles. The number of nitrogens with one attached hydrogen (secondary N) is 1. The SMILES string of the molecule is C=C(O)C1(c2ccc(N3CCC(c4nnn(C)c4NC(=O)O[C@H](C)c4ccccc4)CC3)c(OC)c2)CC1. The van der Waals surface area contributed by atoms with Crippen LogP contribution >= 0.6 is 0 Å². The van der Waals surface area contributed by atoms with Gasteiger partial charge in [-0.05, 0) is 55.9 Å². The van der Waals surface area contributed by atoms with Crippen LogP contribution in [0.3, 0.4) is 0 Å². The van der Waals surface area contributed by atoms with Gasteiger partial charge in [0.05, 0.1) is 24.0 Å². The van der Waals surface area contributed by atoms with E-state index in [1.807, 2.05) is 43.3 Å². The molecule has 200 valence electrons. The predicted octanol–water partition coefficient (Wildman–Crippen LogP) is 5.62. The van der Waals surface area contributed by atoms with E-state index in [4.69, 9.17) is 9.47 Å². The summed E-state index contributed by atoms with van der Waals surface area (Å²) in [6, 6.07) is 15.8. The van der Waals surface area contributed by atoms with Crippen LogP contribution in [0.4, 0.5) is 16.3 Å². The first-order valence-corrected chi connectivity index (χ1v) is 13.1. The average molecular weight is 518 g/mol.